The molecule has 0 saturated carbocycles. The van der Waals surface area contributed by atoms with Crippen molar-refractivity contribution in [3.8, 4) is 33.8 Å². The Morgan fingerprint density at radius 2 is 0.952 bits per heavy atom. The summed E-state index contributed by atoms with van der Waals surface area (Å²) in [6.07, 6.45) is 6.77. The zero-order valence-electron chi connectivity index (χ0n) is 40.2. The molecule has 3 heterocycles. The number of rotatable bonds is 5. The molecule has 0 spiro atoms. The molecule has 1 N–H and O–H groups in total. The minimum absolute atomic E-state index is 0. The number of pyridine rings is 3. The molecule has 6 aromatic rings. The number of carbonyl (C=O) groups excluding carboxylic acids is 2. The monoisotopic (exact) mass is 1230 g/mol. The van der Waals surface area contributed by atoms with Crippen molar-refractivity contribution in [2.24, 2.45) is 10.8 Å². The van der Waals surface area contributed by atoms with E-state index >= 15 is 0 Å². The summed E-state index contributed by atoms with van der Waals surface area (Å²) < 4.78 is 0. The predicted octanol–water partition coefficient (Wildman–Crippen LogP) is 5.34. The zero-order chi connectivity index (χ0) is 44.2. The van der Waals surface area contributed by atoms with Crippen molar-refractivity contribution in [3.63, 3.8) is 0 Å². The predicted molar refractivity (Wildman–Crippen MR) is 238 cm³/mol. The summed E-state index contributed by atoms with van der Waals surface area (Å²) in [5.74, 6) is 0.104. The number of nitrogens with zero attached hydrogens (tertiary/aromatic N) is 3. The Kier molecular flexibility index (Phi) is 33.4. The number of ketones is 1. The second kappa shape index (κ2) is 32.7. The van der Waals surface area contributed by atoms with Crippen molar-refractivity contribution in [1.29, 1.82) is 0 Å². The number of aliphatic hydroxyl groups is 1. The van der Waals surface area contributed by atoms with Crippen molar-refractivity contribution >= 4 is 12.3 Å². The van der Waals surface area contributed by atoms with Crippen LogP contribution in [0.1, 0.15) is 76.3 Å². The van der Waals surface area contributed by atoms with Gasteiger partial charge in [-0.15, -0.1) is 69.8 Å². The molecule has 2 radical (unpaired) electrons. The van der Waals surface area contributed by atoms with E-state index in [-0.39, 0.29) is 124 Å². The maximum Gasteiger partial charge on any atom is 1.00 e. The van der Waals surface area contributed by atoms with Crippen LogP contribution in [-0.2, 0) is 54.7 Å². The van der Waals surface area contributed by atoms with Crippen molar-refractivity contribution < 1.29 is 126 Å². The fourth-order valence-electron chi connectivity index (χ4n) is 5.32. The second-order valence-corrected chi connectivity index (χ2v) is 16.1. The van der Waals surface area contributed by atoms with E-state index in [1.54, 1.807) is 12.4 Å². The molecule has 0 aliphatic rings. The van der Waals surface area contributed by atoms with E-state index < -0.39 is 5.41 Å². The summed E-state index contributed by atoms with van der Waals surface area (Å²) in [6.45, 7) is 23.4. The molecule has 0 amide bonds. The summed E-state index contributed by atoms with van der Waals surface area (Å²) in [4.78, 5) is 35.7. The van der Waals surface area contributed by atoms with Crippen LogP contribution >= 0.6 is 0 Å². The number of aliphatic hydroxyl groups excluding tert-OH is 1. The van der Waals surface area contributed by atoms with Crippen molar-refractivity contribution in [1.82, 2.24) is 15.0 Å². The van der Waals surface area contributed by atoms with E-state index in [2.05, 4.69) is 116 Å². The van der Waals surface area contributed by atoms with Crippen LogP contribution in [0.4, 0.5) is 0 Å². The Labute approximate surface area is 449 Å². The Bertz CT molecular complexity index is 1990. The first-order chi connectivity index (χ1) is 27.7. The number of carbonyl (C=O) groups is 2. The van der Waals surface area contributed by atoms with Gasteiger partial charge in [-0.05, 0) is 61.6 Å². The van der Waals surface area contributed by atoms with Gasteiger partial charge in [0.2, 0.25) is 0 Å². The average Bonchev–Trinajstić information content (AvgIpc) is 3.18. The van der Waals surface area contributed by atoms with Gasteiger partial charge in [0.15, 0.2) is 5.78 Å². The summed E-state index contributed by atoms with van der Waals surface area (Å²) >= 11 is 0. The minimum Gasteiger partial charge on any atom is -1.00 e. The Morgan fingerprint density at radius 1 is 0.603 bits per heavy atom. The van der Waals surface area contributed by atoms with Gasteiger partial charge in [0.1, 0.15) is 5.76 Å². The molecule has 0 aliphatic heterocycles. The van der Waals surface area contributed by atoms with Gasteiger partial charge in [0.25, 0.3) is 6.47 Å². The van der Waals surface area contributed by atoms with E-state index in [4.69, 9.17) is 10.1 Å². The van der Waals surface area contributed by atoms with Crippen LogP contribution in [0.2, 0.25) is 0 Å². The quantitative estimate of drug-likeness (QED) is 0.0468. The Hall–Kier alpha value is -2.95. The van der Waals surface area contributed by atoms with Crippen LogP contribution in [-0.4, -0.2) is 32.3 Å². The molecule has 0 atom stereocenters. The molecule has 3 aromatic carbocycles. The second-order valence-electron chi connectivity index (χ2n) is 16.1. The average molecular weight is 1220 g/mol. The first kappa shape index (κ1) is 64.3. The molecule has 0 aliphatic carbocycles. The molecule has 63 heavy (non-hydrogen) atoms. The summed E-state index contributed by atoms with van der Waals surface area (Å²) in [7, 11) is 0. The van der Waals surface area contributed by atoms with Crippen molar-refractivity contribution in [2.75, 3.05) is 0 Å². The first-order valence-corrected chi connectivity index (χ1v) is 19.2. The van der Waals surface area contributed by atoms with Crippen LogP contribution < -0.4 is 64.4 Å². The molecule has 0 saturated heterocycles. The van der Waals surface area contributed by atoms with Crippen LogP contribution in [0.25, 0.3) is 33.8 Å². The smallest absolute Gasteiger partial charge is 1.00 e. The number of hydrogen-bond donors (Lipinski definition) is 1. The minimum atomic E-state index is -0.417. The van der Waals surface area contributed by atoms with Crippen molar-refractivity contribution in [2.45, 2.75) is 83.1 Å². The fourth-order valence-corrected chi connectivity index (χ4v) is 5.32. The molecule has 6 rings (SSSR count). The fraction of sp³-hybridized carbons (Fsp3) is 0.275. The summed E-state index contributed by atoms with van der Waals surface area (Å²) in [5.41, 5.74) is 13.0. The van der Waals surface area contributed by atoms with Crippen LogP contribution in [0.15, 0.2) is 127 Å². The van der Waals surface area contributed by atoms with Gasteiger partial charge < -0.3 is 26.6 Å². The third-order valence-corrected chi connectivity index (χ3v) is 8.17. The van der Waals surface area contributed by atoms with Gasteiger partial charge in [-0.25, -0.2) is 0 Å². The van der Waals surface area contributed by atoms with Gasteiger partial charge in [-0.2, -0.15) is 0 Å². The maximum absolute atomic E-state index is 11.5. The van der Waals surface area contributed by atoms with E-state index in [1.165, 1.54) is 33.9 Å². The van der Waals surface area contributed by atoms with E-state index in [9.17, 15) is 9.90 Å². The molecular formula is C51H59Ir2N3Na2O5-2. The molecule has 330 valence electrons. The van der Waals surface area contributed by atoms with Crippen LogP contribution in [0.5, 0.6) is 0 Å². The van der Waals surface area contributed by atoms with E-state index in [0.717, 1.165) is 39.3 Å². The third kappa shape index (κ3) is 26.0. The topological polar surface area (TPSA) is 125 Å². The number of allylic oxidation sites excluding steroid dienone is 2. The van der Waals surface area contributed by atoms with Gasteiger partial charge in [-0.3, -0.25) is 14.6 Å². The number of benzene rings is 3. The molecular weight excluding hydrogens is 1160 g/mol. The van der Waals surface area contributed by atoms with Gasteiger partial charge >= 0.3 is 59.1 Å². The standard InChI is InChI=1S/C13H13N.2C13H12N.C11H20O2.CH2O3.2Ir.2Na.H/c3*1-10-7-11(2)9-12(8-10)13-5-3-4-6-14-13;1-10(2,3)8(12)7-9(13)11(4,5)6;2-1-4-3;;;;;/h3-9H,1-2H3;2*3-8H,1-2H3;7,12H,1-6H3;1,3H;;;;;/q;2*-1;;;;;2*+1;-1/p-1. The SMILES string of the molecule is CC(C)(C)C(=O)C=C(O)C(C)(C)C.Cc1[c-]c(-c2ccccn2)cc(C)c1.Cc1[c-]c(-c2ccccn2)cc(C)c1.Cc1cc(C)cc(-c2ccccn2)c1.O=CO[O-].[H-].[Ir].[Ir].[Na+].[Na+]. The van der Waals surface area contributed by atoms with Gasteiger partial charge in [-0.1, -0.05) is 117 Å². The normalized spacial score (nSPS) is 10.1. The maximum atomic E-state index is 11.5. The van der Waals surface area contributed by atoms with E-state index in [1.807, 2.05) is 102 Å². The number of aryl methyl sites for hydroxylation is 6. The van der Waals surface area contributed by atoms with Gasteiger partial charge in [0, 0.05) is 81.3 Å². The largest absolute Gasteiger partial charge is 1.00 e. The van der Waals surface area contributed by atoms with Crippen LogP contribution in [0, 0.1) is 64.5 Å². The van der Waals surface area contributed by atoms with E-state index in [0.29, 0.717) is 0 Å². The number of aromatic nitrogens is 3. The Balaban J connectivity index is -0.000000356. The molecule has 0 fully saturated rings. The third-order valence-electron chi connectivity index (χ3n) is 8.17. The van der Waals surface area contributed by atoms with Gasteiger partial charge in [0.05, 0.1) is 5.69 Å². The Morgan fingerprint density at radius 3 is 1.24 bits per heavy atom. The molecule has 8 nitrogen and oxygen atoms in total. The first-order valence-electron chi connectivity index (χ1n) is 19.2. The molecule has 0 bridgehead atoms. The summed E-state index contributed by atoms with van der Waals surface area (Å²) in [5, 5.41) is 18.0. The van der Waals surface area contributed by atoms with Crippen molar-refractivity contribution in [3.05, 3.63) is 173 Å². The zero-order valence-corrected chi connectivity index (χ0v) is 48.0. The molecule has 3 aromatic heterocycles. The molecule has 0 unspecified atom stereocenters. The van der Waals surface area contributed by atoms with Crippen LogP contribution in [0.3, 0.4) is 0 Å². The number of hydrogen-bond acceptors (Lipinski definition) is 8. The molecule has 12 heteroatoms. The summed E-state index contributed by atoms with van der Waals surface area (Å²) in [6, 6.07) is 39.4.